The van der Waals surface area contributed by atoms with Crippen LogP contribution >= 0.6 is 0 Å². The molecular weight excluding hydrogens is 426 g/mol. The molecule has 1 saturated heterocycles. The average molecular weight is 456 g/mol. The maximum absolute atomic E-state index is 13.0. The summed E-state index contributed by atoms with van der Waals surface area (Å²) < 4.78 is 13.5. The highest BCUT2D eigenvalue weighted by Gasteiger charge is 2.35. The van der Waals surface area contributed by atoms with Gasteiger partial charge in [0, 0.05) is 30.6 Å². The zero-order valence-electron chi connectivity index (χ0n) is 19.8. The lowest BCUT2D eigenvalue weighted by Crippen LogP contribution is -2.24. The molecular formula is C28H29N3O3. The van der Waals surface area contributed by atoms with E-state index in [1.54, 1.807) is 7.11 Å². The predicted molar refractivity (Wildman–Crippen MR) is 134 cm³/mol. The number of carbonyl (C=O) groups is 1. The molecule has 0 spiro atoms. The number of imidazole rings is 1. The number of amides is 1. The van der Waals surface area contributed by atoms with Gasteiger partial charge >= 0.3 is 0 Å². The molecule has 0 N–H and O–H groups in total. The maximum Gasteiger partial charge on any atom is 0.227 e. The molecule has 1 amide bonds. The van der Waals surface area contributed by atoms with Gasteiger partial charge in [-0.3, -0.25) is 4.79 Å². The third-order valence-corrected chi connectivity index (χ3v) is 6.60. The van der Waals surface area contributed by atoms with Crippen LogP contribution in [-0.4, -0.2) is 35.7 Å². The normalized spacial score (nSPS) is 15.8. The summed E-state index contributed by atoms with van der Waals surface area (Å²) in [6, 6.07) is 21.9. The van der Waals surface area contributed by atoms with Crippen LogP contribution in [0.5, 0.6) is 11.5 Å². The zero-order valence-corrected chi connectivity index (χ0v) is 19.8. The topological polar surface area (TPSA) is 56.6 Å². The first kappa shape index (κ1) is 22.0. The summed E-state index contributed by atoms with van der Waals surface area (Å²) in [5, 5.41) is 0. The first-order valence-electron chi connectivity index (χ1n) is 11.6. The third-order valence-electron chi connectivity index (χ3n) is 6.60. The van der Waals surface area contributed by atoms with Gasteiger partial charge in [-0.2, -0.15) is 0 Å². The van der Waals surface area contributed by atoms with Crippen molar-refractivity contribution in [3.63, 3.8) is 0 Å². The predicted octanol–water partition coefficient (Wildman–Crippen LogP) is 5.26. The van der Waals surface area contributed by atoms with E-state index in [2.05, 4.69) is 36.6 Å². The van der Waals surface area contributed by atoms with E-state index >= 15 is 0 Å². The fourth-order valence-electron chi connectivity index (χ4n) is 4.61. The Balaban J connectivity index is 1.39. The molecule has 1 atom stereocenters. The lowest BCUT2D eigenvalue weighted by molar-refractivity contribution is -0.117. The Morgan fingerprint density at radius 1 is 0.971 bits per heavy atom. The van der Waals surface area contributed by atoms with E-state index < -0.39 is 0 Å². The van der Waals surface area contributed by atoms with Crippen molar-refractivity contribution in [1.82, 2.24) is 9.55 Å². The van der Waals surface area contributed by atoms with Gasteiger partial charge in [-0.15, -0.1) is 0 Å². The summed E-state index contributed by atoms with van der Waals surface area (Å²) in [7, 11) is 1.65. The second-order valence-electron chi connectivity index (χ2n) is 8.81. The van der Waals surface area contributed by atoms with E-state index in [0.717, 1.165) is 34.0 Å². The number of rotatable bonds is 7. The number of carbonyl (C=O) groups excluding carboxylic acids is 1. The largest absolute Gasteiger partial charge is 0.497 e. The Bertz CT molecular complexity index is 1340. The van der Waals surface area contributed by atoms with Gasteiger partial charge in [0.15, 0.2) is 0 Å². The average Bonchev–Trinajstić information content (AvgIpc) is 3.41. The third kappa shape index (κ3) is 4.23. The van der Waals surface area contributed by atoms with Gasteiger partial charge in [-0.25, -0.2) is 4.98 Å². The fourth-order valence-corrected chi connectivity index (χ4v) is 4.61. The van der Waals surface area contributed by atoms with Gasteiger partial charge in [0.05, 0.1) is 24.7 Å². The number of methoxy groups -OCH3 is 1. The van der Waals surface area contributed by atoms with Crippen LogP contribution in [-0.2, 0) is 11.3 Å². The van der Waals surface area contributed by atoms with Crippen LogP contribution in [0.4, 0.5) is 5.69 Å². The maximum atomic E-state index is 13.0. The van der Waals surface area contributed by atoms with Gasteiger partial charge in [-0.1, -0.05) is 24.3 Å². The fraction of sp³-hybridized carbons (Fsp3) is 0.286. The molecule has 1 fully saturated rings. The molecule has 0 radical (unpaired) electrons. The van der Waals surface area contributed by atoms with Gasteiger partial charge < -0.3 is 18.9 Å². The van der Waals surface area contributed by atoms with E-state index in [0.29, 0.717) is 26.1 Å². The highest BCUT2D eigenvalue weighted by atomic mass is 16.5. The van der Waals surface area contributed by atoms with Crippen molar-refractivity contribution in [1.29, 1.82) is 0 Å². The number of fused-ring (bicyclic) bond motifs is 1. The van der Waals surface area contributed by atoms with Crippen LogP contribution in [0.1, 0.15) is 29.3 Å². The standard InChI is InChI=1S/C28H29N3O3/c1-19-11-12-22(15-20(19)2)31-18-21(16-27(31)32)28-29-25-9-4-5-10-26(25)30(28)13-14-34-24-8-6-7-23(17-24)33-3/h4-12,15,17,21H,13-14,16,18H2,1-3H3. The lowest BCUT2D eigenvalue weighted by Gasteiger charge is -2.18. The summed E-state index contributed by atoms with van der Waals surface area (Å²) in [5.41, 5.74) is 5.37. The van der Waals surface area contributed by atoms with E-state index in [9.17, 15) is 4.79 Å². The van der Waals surface area contributed by atoms with Crippen LogP contribution in [0.25, 0.3) is 11.0 Å². The molecule has 3 aromatic carbocycles. The van der Waals surface area contributed by atoms with Crippen molar-refractivity contribution in [2.24, 2.45) is 0 Å². The Kier molecular flexibility index (Phi) is 5.97. The first-order valence-corrected chi connectivity index (χ1v) is 11.6. The van der Waals surface area contributed by atoms with Crippen molar-refractivity contribution in [2.75, 3.05) is 25.2 Å². The van der Waals surface area contributed by atoms with Gasteiger partial charge in [0.25, 0.3) is 0 Å². The van der Waals surface area contributed by atoms with E-state index in [-0.39, 0.29) is 11.8 Å². The lowest BCUT2D eigenvalue weighted by atomic mass is 10.1. The van der Waals surface area contributed by atoms with Crippen LogP contribution in [0.15, 0.2) is 66.7 Å². The molecule has 6 heteroatoms. The smallest absolute Gasteiger partial charge is 0.227 e. The molecule has 1 unspecified atom stereocenters. The van der Waals surface area contributed by atoms with Crippen LogP contribution in [0.2, 0.25) is 0 Å². The number of benzene rings is 3. The molecule has 0 bridgehead atoms. The highest BCUT2D eigenvalue weighted by Crippen LogP contribution is 2.34. The quantitative estimate of drug-likeness (QED) is 0.381. The molecule has 174 valence electrons. The van der Waals surface area contributed by atoms with Crippen molar-refractivity contribution in [2.45, 2.75) is 32.7 Å². The van der Waals surface area contributed by atoms with Crippen molar-refractivity contribution in [3.8, 4) is 11.5 Å². The molecule has 0 aliphatic carbocycles. The Labute approximate surface area is 199 Å². The van der Waals surface area contributed by atoms with Crippen LogP contribution < -0.4 is 14.4 Å². The molecule has 5 rings (SSSR count). The highest BCUT2D eigenvalue weighted by molar-refractivity contribution is 5.96. The Morgan fingerprint density at radius 2 is 1.79 bits per heavy atom. The molecule has 6 nitrogen and oxygen atoms in total. The van der Waals surface area contributed by atoms with Crippen molar-refractivity contribution >= 4 is 22.6 Å². The minimum absolute atomic E-state index is 0.0262. The van der Waals surface area contributed by atoms with E-state index in [1.165, 1.54) is 11.1 Å². The van der Waals surface area contributed by atoms with Crippen LogP contribution in [0.3, 0.4) is 0 Å². The summed E-state index contributed by atoms with van der Waals surface area (Å²) in [4.78, 5) is 19.8. The second-order valence-corrected chi connectivity index (χ2v) is 8.81. The Morgan fingerprint density at radius 3 is 2.62 bits per heavy atom. The number of ether oxygens (including phenoxy) is 2. The summed E-state index contributed by atoms with van der Waals surface area (Å²) >= 11 is 0. The minimum Gasteiger partial charge on any atom is -0.497 e. The molecule has 0 saturated carbocycles. The zero-order chi connectivity index (χ0) is 23.7. The number of aryl methyl sites for hydroxylation is 2. The molecule has 34 heavy (non-hydrogen) atoms. The monoisotopic (exact) mass is 455 g/mol. The minimum atomic E-state index is 0.0262. The van der Waals surface area contributed by atoms with Crippen LogP contribution in [0, 0.1) is 13.8 Å². The second kappa shape index (κ2) is 9.21. The van der Waals surface area contributed by atoms with E-state index in [4.69, 9.17) is 14.5 Å². The van der Waals surface area contributed by atoms with Gasteiger partial charge in [0.2, 0.25) is 5.91 Å². The number of aromatic nitrogens is 2. The summed E-state index contributed by atoms with van der Waals surface area (Å²) in [5.74, 6) is 2.64. The van der Waals surface area contributed by atoms with Gasteiger partial charge in [0.1, 0.15) is 23.9 Å². The molecule has 1 aliphatic rings. The SMILES string of the molecule is COc1cccc(OCCn2c(C3CC(=O)N(c4ccc(C)c(C)c4)C3)nc3ccccc32)c1. The number of hydrogen-bond acceptors (Lipinski definition) is 4. The first-order chi connectivity index (χ1) is 16.5. The number of para-hydroxylation sites is 2. The molecule has 1 aromatic heterocycles. The summed E-state index contributed by atoms with van der Waals surface area (Å²) in [6.07, 6.45) is 0.451. The summed E-state index contributed by atoms with van der Waals surface area (Å²) in [6.45, 7) is 5.92. The Hall–Kier alpha value is -3.80. The number of nitrogens with zero attached hydrogens (tertiary/aromatic N) is 3. The van der Waals surface area contributed by atoms with E-state index in [1.807, 2.05) is 53.4 Å². The number of hydrogen-bond donors (Lipinski definition) is 0. The molecule has 1 aliphatic heterocycles. The number of anilines is 1. The van der Waals surface area contributed by atoms with Gasteiger partial charge in [-0.05, 0) is 61.4 Å². The molecule has 2 heterocycles. The van der Waals surface area contributed by atoms with Crippen molar-refractivity contribution in [3.05, 3.63) is 83.7 Å². The van der Waals surface area contributed by atoms with Crippen molar-refractivity contribution < 1.29 is 14.3 Å². The molecule has 4 aromatic rings.